The summed E-state index contributed by atoms with van der Waals surface area (Å²) in [6, 6.07) is 6.13. The predicted molar refractivity (Wildman–Crippen MR) is 63.1 cm³/mol. The van der Waals surface area contributed by atoms with Gasteiger partial charge in [-0.3, -0.25) is 0 Å². The average Bonchev–Trinajstić information content (AvgIpc) is 2.38. The molecule has 1 aromatic rings. The second-order valence-electron chi connectivity index (χ2n) is 4.07. The molecule has 0 saturated carbocycles. The normalized spacial score (nSPS) is 20.1. The molecule has 4 heteroatoms. The van der Waals surface area contributed by atoms with E-state index >= 15 is 0 Å². The summed E-state index contributed by atoms with van der Waals surface area (Å²) in [6.45, 7) is 1.99. The number of hydrogen-bond donors (Lipinski definition) is 2. The fourth-order valence-electron chi connectivity index (χ4n) is 1.92. The highest BCUT2D eigenvalue weighted by atomic mass is 15.0. The van der Waals surface area contributed by atoms with Crippen LogP contribution in [0.3, 0.4) is 0 Å². The minimum Gasteiger partial charge on any atom is -0.368 e. The van der Waals surface area contributed by atoms with Crippen molar-refractivity contribution < 1.29 is 0 Å². The predicted octanol–water partition coefficient (Wildman–Crippen LogP) is 1.51. The summed E-state index contributed by atoms with van der Waals surface area (Å²) >= 11 is 0. The fraction of sp³-hybridized carbons (Fsp3) is 0.500. The molecule has 16 heavy (non-hydrogen) atoms. The van der Waals surface area contributed by atoms with Crippen molar-refractivity contribution in [2.75, 3.05) is 18.4 Å². The third-order valence-corrected chi connectivity index (χ3v) is 2.83. The van der Waals surface area contributed by atoms with Gasteiger partial charge in [-0.1, -0.05) is 6.42 Å². The highest BCUT2D eigenvalue weighted by molar-refractivity contribution is 5.42. The molecule has 0 aromatic carbocycles. The van der Waals surface area contributed by atoms with Crippen molar-refractivity contribution in [3.63, 3.8) is 0 Å². The van der Waals surface area contributed by atoms with E-state index in [2.05, 4.69) is 21.7 Å². The molecule has 84 valence electrons. The maximum Gasteiger partial charge on any atom is 0.127 e. The molecule has 0 spiro atoms. The lowest BCUT2D eigenvalue weighted by Gasteiger charge is -2.23. The van der Waals surface area contributed by atoms with E-state index in [1.54, 1.807) is 18.3 Å². The number of nitriles is 1. The Morgan fingerprint density at radius 3 is 3.25 bits per heavy atom. The van der Waals surface area contributed by atoms with Gasteiger partial charge < -0.3 is 10.6 Å². The highest BCUT2D eigenvalue weighted by Gasteiger charge is 2.11. The minimum absolute atomic E-state index is 0.529. The largest absolute Gasteiger partial charge is 0.368 e. The molecule has 1 saturated heterocycles. The second-order valence-corrected chi connectivity index (χ2v) is 4.07. The van der Waals surface area contributed by atoms with E-state index in [9.17, 15) is 0 Å². The van der Waals surface area contributed by atoms with E-state index in [-0.39, 0.29) is 0 Å². The van der Waals surface area contributed by atoms with Crippen molar-refractivity contribution in [1.82, 2.24) is 10.3 Å². The molecule has 4 nitrogen and oxygen atoms in total. The Morgan fingerprint density at radius 1 is 1.56 bits per heavy atom. The molecule has 0 aliphatic carbocycles. The van der Waals surface area contributed by atoms with Gasteiger partial charge in [0.2, 0.25) is 0 Å². The summed E-state index contributed by atoms with van der Waals surface area (Å²) in [6.07, 6.45) is 5.45. The number of hydrogen-bond acceptors (Lipinski definition) is 4. The van der Waals surface area contributed by atoms with E-state index in [4.69, 9.17) is 5.26 Å². The topological polar surface area (TPSA) is 60.7 Å². The van der Waals surface area contributed by atoms with Crippen molar-refractivity contribution in [3.8, 4) is 6.07 Å². The lowest BCUT2D eigenvalue weighted by molar-refractivity contribution is 0.414. The zero-order valence-corrected chi connectivity index (χ0v) is 9.24. The first-order valence-corrected chi connectivity index (χ1v) is 5.72. The van der Waals surface area contributed by atoms with E-state index in [0.29, 0.717) is 11.6 Å². The first-order chi connectivity index (χ1) is 7.88. The van der Waals surface area contributed by atoms with E-state index in [1.165, 1.54) is 19.3 Å². The molecule has 1 aliphatic rings. The Balaban J connectivity index is 1.86. The summed E-state index contributed by atoms with van der Waals surface area (Å²) in [5.41, 5.74) is 0.647. The van der Waals surface area contributed by atoms with Crippen LogP contribution >= 0.6 is 0 Å². The quantitative estimate of drug-likeness (QED) is 0.804. The zero-order chi connectivity index (χ0) is 11.2. The van der Waals surface area contributed by atoms with Crippen molar-refractivity contribution in [3.05, 3.63) is 23.9 Å². The van der Waals surface area contributed by atoms with Crippen LogP contribution in [-0.2, 0) is 0 Å². The number of nitrogens with one attached hydrogen (secondary N) is 2. The third-order valence-electron chi connectivity index (χ3n) is 2.83. The molecule has 0 amide bonds. The van der Waals surface area contributed by atoms with Crippen molar-refractivity contribution in [2.24, 2.45) is 0 Å². The van der Waals surface area contributed by atoms with E-state index < -0.39 is 0 Å². The number of pyridine rings is 1. The van der Waals surface area contributed by atoms with Gasteiger partial charge in [0.15, 0.2) is 0 Å². The summed E-state index contributed by atoms with van der Waals surface area (Å²) in [5.74, 6) is 0.784. The van der Waals surface area contributed by atoms with Crippen molar-refractivity contribution in [1.29, 1.82) is 5.26 Å². The summed E-state index contributed by atoms with van der Waals surface area (Å²) in [5, 5.41) is 15.5. The van der Waals surface area contributed by atoms with E-state index in [1.807, 2.05) is 0 Å². The number of piperidine rings is 1. The fourth-order valence-corrected chi connectivity index (χ4v) is 1.92. The molecule has 2 N–H and O–H groups in total. The van der Waals surface area contributed by atoms with Gasteiger partial charge >= 0.3 is 0 Å². The molecule has 1 fully saturated rings. The average molecular weight is 216 g/mol. The van der Waals surface area contributed by atoms with Gasteiger partial charge in [0.1, 0.15) is 5.82 Å². The van der Waals surface area contributed by atoms with Crippen molar-refractivity contribution >= 4 is 5.82 Å². The molecule has 1 aliphatic heterocycles. The monoisotopic (exact) mass is 216 g/mol. The molecular formula is C12H16N4. The Morgan fingerprint density at radius 2 is 2.50 bits per heavy atom. The van der Waals surface area contributed by atoms with Crippen LogP contribution < -0.4 is 10.6 Å². The molecule has 1 aromatic heterocycles. The molecule has 0 bridgehead atoms. The number of rotatable bonds is 3. The van der Waals surface area contributed by atoms with Crippen LogP contribution in [0.25, 0.3) is 0 Å². The Hall–Kier alpha value is -1.60. The van der Waals surface area contributed by atoms with Gasteiger partial charge in [0, 0.05) is 18.8 Å². The zero-order valence-electron chi connectivity index (χ0n) is 9.24. The molecular weight excluding hydrogens is 200 g/mol. The van der Waals surface area contributed by atoms with Gasteiger partial charge in [0.05, 0.1) is 11.6 Å². The molecule has 2 heterocycles. The van der Waals surface area contributed by atoms with Crippen LogP contribution in [0.15, 0.2) is 18.3 Å². The first kappa shape index (κ1) is 10.9. The molecule has 1 atom stereocenters. The second kappa shape index (κ2) is 5.47. The molecule has 1 unspecified atom stereocenters. The van der Waals surface area contributed by atoms with Gasteiger partial charge in [-0.2, -0.15) is 5.26 Å². The van der Waals surface area contributed by atoms with E-state index in [0.717, 1.165) is 18.9 Å². The van der Waals surface area contributed by atoms with Crippen LogP contribution in [0.4, 0.5) is 5.82 Å². The van der Waals surface area contributed by atoms with Gasteiger partial charge in [-0.25, -0.2) is 4.98 Å². The standard InChI is InChI=1S/C12H16N4/c13-8-10-4-6-15-12(7-10)16-9-11-3-1-2-5-14-11/h4,6-7,11,14H,1-3,5,9H2,(H,15,16). The maximum atomic E-state index is 8.76. The number of nitrogens with zero attached hydrogens (tertiary/aromatic N) is 2. The third kappa shape index (κ3) is 2.94. The number of aromatic nitrogens is 1. The smallest absolute Gasteiger partial charge is 0.127 e. The van der Waals surface area contributed by atoms with Crippen LogP contribution in [0.5, 0.6) is 0 Å². The Bertz CT molecular complexity index is 377. The highest BCUT2D eigenvalue weighted by Crippen LogP contribution is 2.09. The van der Waals surface area contributed by atoms with Crippen LogP contribution in [0.2, 0.25) is 0 Å². The van der Waals surface area contributed by atoms with Gasteiger partial charge in [0.25, 0.3) is 0 Å². The van der Waals surface area contributed by atoms with Crippen LogP contribution in [0, 0.1) is 11.3 Å². The Kier molecular flexibility index (Phi) is 3.73. The SMILES string of the molecule is N#Cc1ccnc(NCC2CCCCN2)c1. The van der Waals surface area contributed by atoms with Crippen LogP contribution in [-0.4, -0.2) is 24.1 Å². The molecule has 0 radical (unpaired) electrons. The summed E-state index contributed by atoms with van der Waals surface area (Å²) in [7, 11) is 0. The molecule has 2 rings (SSSR count). The van der Waals surface area contributed by atoms with Crippen molar-refractivity contribution in [2.45, 2.75) is 25.3 Å². The van der Waals surface area contributed by atoms with Gasteiger partial charge in [-0.05, 0) is 31.5 Å². The number of anilines is 1. The van der Waals surface area contributed by atoms with Gasteiger partial charge in [-0.15, -0.1) is 0 Å². The summed E-state index contributed by atoms with van der Waals surface area (Å²) < 4.78 is 0. The Labute approximate surface area is 95.7 Å². The summed E-state index contributed by atoms with van der Waals surface area (Å²) in [4.78, 5) is 4.18. The lowest BCUT2D eigenvalue weighted by atomic mass is 10.1. The maximum absolute atomic E-state index is 8.76. The first-order valence-electron chi connectivity index (χ1n) is 5.72. The lowest BCUT2D eigenvalue weighted by Crippen LogP contribution is -2.39. The van der Waals surface area contributed by atoms with Crippen LogP contribution in [0.1, 0.15) is 24.8 Å². The minimum atomic E-state index is 0.529.